The van der Waals surface area contributed by atoms with E-state index in [1.807, 2.05) is 45.0 Å². The van der Waals surface area contributed by atoms with Crippen LogP contribution in [0.15, 0.2) is 35.2 Å². The normalized spacial score (nSPS) is 20.0. The molecule has 1 saturated heterocycles. The number of carbonyl (C=O) groups excluding carboxylic acids is 2. The lowest BCUT2D eigenvalue weighted by atomic mass is 10.0. The molecule has 3 N–H and O–H groups in total. The van der Waals surface area contributed by atoms with Crippen molar-refractivity contribution in [2.45, 2.75) is 57.1 Å². The maximum absolute atomic E-state index is 13.4. The van der Waals surface area contributed by atoms with Gasteiger partial charge in [0.05, 0.1) is 27.1 Å². The molecule has 3 aromatic rings. The van der Waals surface area contributed by atoms with Crippen LogP contribution >= 0.6 is 11.3 Å². The molecule has 1 aliphatic carbocycles. The Morgan fingerprint density at radius 2 is 1.95 bits per heavy atom. The van der Waals surface area contributed by atoms with E-state index in [0.29, 0.717) is 53.4 Å². The number of aromatic nitrogens is 2. The van der Waals surface area contributed by atoms with Gasteiger partial charge in [-0.2, -0.15) is 0 Å². The quantitative estimate of drug-likeness (QED) is 0.361. The highest BCUT2D eigenvalue weighted by Gasteiger charge is 2.41. The Hall–Kier alpha value is -3.39. The molecule has 11 nitrogen and oxygen atoms in total. The summed E-state index contributed by atoms with van der Waals surface area (Å²) in [5, 5.41) is 6.99. The van der Waals surface area contributed by atoms with Gasteiger partial charge in [0.25, 0.3) is 5.91 Å². The Labute approximate surface area is 243 Å². The van der Waals surface area contributed by atoms with Crippen molar-refractivity contribution in [1.29, 1.82) is 0 Å². The number of anilines is 3. The van der Waals surface area contributed by atoms with Crippen LogP contribution < -0.4 is 20.3 Å². The SMILES string of the molecule is CNS(=O)(=O)c1cc(-c2sc(Nc3cccc(N4CCN[C@@H](C)C4=O)n3)nc2C)cc2c1C(=O)N(C(C)C1CC1)C2. The van der Waals surface area contributed by atoms with E-state index in [-0.39, 0.29) is 34.4 Å². The third kappa shape index (κ3) is 5.11. The number of nitrogens with one attached hydrogen (secondary N) is 3. The number of fused-ring (bicyclic) bond motifs is 1. The molecule has 3 aliphatic rings. The fourth-order valence-electron chi connectivity index (χ4n) is 5.58. The monoisotopic (exact) mass is 595 g/mol. The molecule has 0 bridgehead atoms. The molecule has 2 aliphatic heterocycles. The summed E-state index contributed by atoms with van der Waals surface area (Å²) >= 11 is 1.38. The first-order chi connectivity index (χ1) is 19.6. The summed E-state index contributed by atoms with van der Waals surface area (Å²) in [6.07, 6.45) is 2.18. The number of nitrogens with zero attached hydrogens (tertiary/aromatic N) is 4. The summed E-state index contributed by atoms with van der Waals surface area (Å²) in [5.41, 5.74) is 2.38. The van der Waals surface area contributed by atoms with Gasteiger partial charge in [-0.25, -0.2) is 23.1 Å². The number of thiazole rings is 1. The molecule has 2 aromatic heterocycles. The van der Waals surface area contributed by atoms with Gasteiger partial charge in [0, 0.05) is 25.7 Å². The number of amides is 2. The van der Waals surface area contributed by atoms with Crippen molar-refractivity contribution in [3.63, 3.8) is 0 Å². The largest absolute Gasteiger partial charge is 0.331 e. The number of pyridine rings is 1. The first-order valence-electron chi connectivity index (χ1n) is 13.8. The number of rotatable bonds is 8. The lowest BCUT2D eigenvalue weighted by Gasteiger charge is -2.30. The van der Waals surface area contributed by atoms with Gasteiger partial charge in [-0.15, -0.1) is 0 Å². The van der Waals surface area contributed by atoms with Gasteiger partial charge in [-0.05, 0) is 82.0 Å². The minimum atomic E-state index is -3.89. The Bertz CT molecular complexity index is 1650. The standard InChI is InChI=1S/C28H33N7O4S2/c1-15-25(40-28(31-15)33-22-6-5-7-23(32-22)34-11-10-30-16(2)26(34)36)19-12-20-14-35(17(3)18-8-9-18)27(37)24(20)21(13-19)41(38,39)29-4/h5-7,12-13,16-18,29-30H,8-11,14H2,1-4H3,(H,31,32,33)/t16-,17?/m0/s1. The summed E-state index contributed by atoms with van der Waals surface area (Å²) in [7, 11) is -2.54. The van der Waals surface area contributed by atoms with E-state index in [2.05, 4.69) is 25.3 Å². The van der Waals surface area contributed by atoms with Crippen molar-refractivity contribution in [2.24, 2.45) is 5.92 Å². The highest BCUT2D eigenvalue weighted by atomic mass is 32.2. The van der Waals surface area contributed by atoms with Crippen molar-refractivity contribution in [3.05, 3.63) is 47.2 Å². The zero-order valence-corrected chi connectivity index (χ0v) is 25.0. The van der Waals surface area contributed by atoms with Crippen LogP contribution in [0.25, 0.3) is 10.4 Å². The van der Waals surface area contributed by atoms with E-state index >= 15 is 0 Å². The second-order valence-electron chi connectivity index (χ2n) is 10.8. The maximum atomic E-state index is 13.4. The summed E-state index contributed by atoms with van der Waals surface area (Å²) in [6, 6.07) is 8.75. The second kappa shape index (κ2) is 10.5. The van der Waals surface area contributed by atoms with Crippen LogP contribution in [-0.2, 0) is 21.4 Å². The first kappa shape index (κ1) is 27.8. The summed E-state index contributed by atoms with van der Waals surface area (Å²) < 4.78 is 28.6. The van der Waals surface area contributed by atoms with Gasteiger partial charge < -0.3 is 15.5 Å². The zero-order chi connectivity index (χ0) is 29.1. The number of sulfonamides is 1. The van der Waals surface area contributed by atoms with Crippen LogP contribution in [-0.4, -0.2) is 67.3 Å². The number of piperazine rings is 1. The molecule has 4 heterocycles. The fourth-order valence-corrected chi connectivity index (χ4v) is 7.53. The molecule has 0 spiro atoms. The highest BCUT2D eigenvalue weighted by molar-refractivity contribution is 7.89. The fraction of sp³-hybridized carbons (Fsp3) is 0.429. The van der Waals surface area contributed by atoms with Crippen LogP contribution in [0.3, 0.4) is 0 Å². The topological polar surface area (TPSA) is 137 Å². The maximum Gasteiger partial charge on any atom is 0.256 e. The highest BCUT2D eigenvalue weighted by Crippen LogP contribution is 2.42. The van der Waals surface area contributed by atoms with E-state index in [0.717, 1.165) is 23.4 Å². The predicted molar refractivity (Wildman–Crippen MR) is 158 cm³/mol. The molecule has 41 heavy (non-hydrogen) atoms. The van der Waals surface area contributed by atoms with E-state index in [1.54, 1.807) is 15.9 Å². The average Bonchev–Trinajstić information content (AvgIpc) is 3.67. The first-order valence-corrected chi connectivity index (χ1v) is 16.1. The molecule has 2 fully saturated rings. The van der Waals surface area contributed by atoms with E-state index in [1.165, 1.54) is 18.4 Å². The molecule has 0 radical (unpaired) electrons. The molecule has 216 valence electrons. The molecule has 6 rings (SSSR count). The minimum Gasteiger partial charge on any atom is -0.331 e. The Morgan fingerprint density at radius 1 is 1.17 bits per heavy atom. The molecule has 13 heteroatoms. The number of carbonyl (C=O) groups is 2. The molecule has 1 saturated carbocycles. The van der Waals surface area contributed by atoms with Crippen molar-refractivity contribution >= 4 is 49.9 Å². The molecular formula is C28H33N7O4S2. The van der Waals surface area contributed by atoms with Crippen molar-refractivity contribution < 1.29 is 18.0 Å². The Morgan fingerprint density at radius 3 is 2.68 bits per heavy atom. The third-order valence-corrected chi connectivity index (χ3v) is 10.6. The summed E-state index contributed by atoms with van der Waals surface area (Å²) in [4.78, 5) is 39.7. The average molecular weight is 596 g/mol. The van der Waals surface area contributed by atoms with Gasteiger partial charge in [0.2, 0.25) is 15.9 Å². The summed E-state index contributed by atoms with van der Waals surface area (Å²) in [5.74, 6) is 1.32. The Kier molecular flexibility index (Phi) is 7.09. The number of aryl methyl sites for hydroxylation is 1. The van der Waals surface area contributed by atoms with E-state index < -0.39 is 10.0 Å². The molecule has 2 amide bonds. The van der Waals surface area contributed by atoms with Crippen molar-refractivity contribution in [2.75, 3.05) is 30.4 Å². The third-order valence-electron chi connectivity index (χ3n) is 8.08. The van der Waals surface area contributed by atoms with Crippen LogP contribution in [0.4, 0.5) is 16.8 Å². The smallest absolute Gasteiger partial charge is 0.256 e. The zero-order valence-electron chi connectivity index (χ0n) is 23.4. The second-order valence-corrected chi connectivity index (χ2v) is 13.7. The van der Waals surface area contributed by atoms with Crippen LogP contribution in [0, 0.1) is 12.8 Å². The van der Waals surface area contributed by atoms with Gasteiger partial charge in [0.15, 0.2) is 5.13 Å². The van der Waals surface area contributed by atoms with E-state index in [9.17, 15) is 18.0 Å². The van der Waals surface area contributed by atoms with E-state index in [4.69, 9.17) is 0 Å². The summed E-state index contributed by atoms with van der Waals surface area (Å²) in [6.45, 7) is 7.36. The number of hydrogen-bond acceptors (Lipinski definition) is 9. The number of benzene rings is 1. The van der Waals surface area contributed by atoms with Gasteiger partial charge in [-0.1, -0.05) is 17.4 Å². The lowest BCUT2D eigenvalue weighted by molar-refractivity contribution is -0.121. The van der Waals surface area contributed by atoms with Gasteiger partial charge in [-0.3, -0.25) is 14.5 Å². The molecule has 1 aromatic carbocycles. The van der Waals surface area contributed by atoms with Crippen molar-refractivity contribution in [1.82, 2.24) is 24.9 Å². The Balaban J connectivity index is 1.32. The predicted octanol–water partition coefficient (Wildman–Crippen LogP) is 3.24. The molecule has 2 atom stereocenters. The van der Waals surface area contributed by atoms with Gasteiger partial charge >= 0.3 is 0 Å². The number of hydrogen-bond donors (Lipinski definition) is 3. The molecular weight excluding hydrogens is 562 g/mol. The van der Waals surface area contributed by atoms with Gasteiger partial charge in [0.1, 0.15) is 11.6 Å². The van der Waals surface area contributed by atoms with Crippen LogP contribution in [0.1, 0.15) is 48.3 Å². The van der Waals surface area contributed by atoms with Crippen LogP contribution in [0.5, 0.6) is 0 Å². The van der Waals surface area contributed by atoms with Crippen LogP contribution in [0.2, 0.25) is 0 Å². The lowest BCUT2D eigenvalue weighted by Crippen LogP contribution is -2.54. The minimum absolute atomic E-state index is 0.00501. The van der Waals surface area contributed by atoms with Crippen molar-refractivity contribution in [3.8, 4) is 10.4 Å². The molecule has 1 unspecified atom stereocenters.